The van der Waals surface area contributed by atoms with E-state index in [9.17, 15) is 4.79 Å². The largest absolute Gasteiger partial charge is 0.495 e. The third-order valence-corrected chi connectivity index (χ3v) is 7.71. The van der Waals surface area contributed by atoms with Gasteiger partial charge in [-0.05, 0) is 61.2 Å². The van der Waals surface area contributed by atoms with Gasteiger partial charge in [0.05, 0.1) is 43.9 Å². The number of aromatic nitrogens is 2. The van der Waals surface area contributed by atoms with Crippen molar-refractivity contribution in [3.63, 3.8) is 0 Å². The van der Waals surface area contributed by atoms with Crippen LogP contribution in [-0.2, 0) is 33.9 Å². The van der Waals surface area contributed by atoms with Gasteiger partial charge in [-0.1, -0.05) is 37.1 Å². The number of fused-ring (bicyclic) bond motifs is 1. The zero-order chi connectivity index (χ0) is 29.6. The normalized spacial score (nSPS) is 13.4. The van der Waals surface area contributed by atoms with E-state index in [1.54, 1.807) is 27.2 Å². The van der Waals surface area contributed by atoms with Crippen molar-refractivity contribution in [1.29, 1.82) is 5.41 Å². The summed E-state index contributed by atoms with van der Waals surface area (Å²) in [6, 6.07) is 18.0. The lowest BCUT2D eigenvalue weighted by molar-refractivity contribution is -0.142. The summed E-state index contributed by atoms with van der Waals surface area (Å²) in [6.07, 6.45) is 4.68. The molecular weight excluding hydrogens is 532 g/mol. The van der Waals surface area contributed by atoms with Crippen LogP contribution in [-0.4, -0.2) is 42.4 Å². The number of nitrogens with two attached hydrogens (primary N) is 1. The van der Waals surface area contributed by atoms with Crippen LogP contribution in [0.25, 0.3) is 22.0 Å². The average molecular weight is 571 g/mol. The Morgan fingerprint density at radius 1 is 1.07 bits per heavy atom. The monoisotopic (exact) mass is 570 g/mol. The topological polar surface area (TPSA) is 122 Å². The molecular formula is C33H38N4O5. The van der Waals surface area contributed by atoms with Crippen LogP contribution in [0.5, 0.6) is 11.5 Å². The van der Waals surface area contributed by atoms with E-state index < -0.39 is 0 Å². The van der Waals surface area contributed by atoms with Gasteiger partial charge in [-0.3, -0.25) is 14.9 Å². The van der Waals surface area contributed by atoms with Gasteiger partial charge in [0.1, 0.15) is 29.6 Å². The molecule has 4 aromatic rings. The van der Waals surface area contributed by atoms with E-state index in [4.69, 9.17) is 35.2 Å². The van der Waals surface area contributed by atoms with E-state index in [1.807, 2.05) is 30.3 Å². The Balaban J connectivity index is 1.54. The van der Waals surface area contributed by atoms with Gasteiger partial charge >= 0.3 is 5.97 Å². The van der Waals surface area contributed by atoms with Crippen LogP contribution in [0.3, 0.4) is 0 Å². The second-order valence-electron chi connectivity index (χ2n) is 10.5. The van der Waals surface area contributed by atoms with Gasteiger partial charge in [-0.15, -0.1) is 0 Å². The number of ether oxygens (including phenoxy) is 4. The van der Waals surface area contributed by atoms with Gasteiger partial charge in [0.15, 0.2) is 0 Å². The molecule has 3 aromatic carbocycles. The fourth-order valence-electron chi connectivity index (χ4n) is 5.78. The summed E-state index contributed by atoms with van der Waals surface area (Å²) in [4.78, 5) is 12.4. The van der Waals surface area contributed by atoms with Gasteiger partial charge in [0.25, 0.3) is 0 Å². The van der Waals surface area contributed by atoms with E-state index in [1.165, 1.54) is 12.8 Å². The van der Waals surface area contributed by atoms with Crippen LogP contribution < -0.4 is 15.2 Å². The first-order chi connectivity index (χ1) is 20.4. The van der Waals surface area contributed by atoms with Gasteiger partial charge in [0.2, 0.25) is 0 Å². The Kier molecular flexibility index (Phi) is 9.07. The maximum Gasteiger partial charge on any atom is 0.310 e. The molecule has 3 N–H and O–H groups in total. The summed E-state index contributed by atoms with van der Waals surface area (Å²) in [5.74, 6) is 0.816. The van der Waals surface area contributed by atoms with Gasteiger partial charge < -0.3 is 24.7 Å². The third-order valence-electron chi connectivity index (χ3n) is 7.71. The van der Waals surface area contributed by atoms with Gasteiger partial charge in [-0.2, -0.15) is 5.10 Å². The first-order valence-electron chi connectivity index (χ1n) is 14.4. The molecule has 0 atom stereocenters. The molecule has 0 spiro atoms. The fraction of sp³-hybridized carbons (Fsp3) is 0.364. The number of methoxy groups -OCH3 is 2. The van der Waals surface area contributed by atoms with Crippen LogP contribution >= 0.6 is 0 Å². The Hall–Kier alpha value is -4.37. The molecule has 0 unspecified atom stereocenters. The molecule has 0 bridgehead atoms. The van der Waals surface area contributed by atoms with Crippen LogP contribution in [0.15, 0.2) is 54.6 Å². The summed E-state index contributed by atoms with van der Waals surface area (Å²) >= 11 is 0. The molecule has 220 valence electrons. The van der Waals surface area contributed by atoms with Crippen molar-refractivity contribution in [1.82, 2.24) is 9.78 Å². The predicted molar refractivity (Wildman–Crippen MR) is 162 cm³/mol. The third kappa shape index (κ3) is 6.11. The highest BCUT2D eigenvalue weighted by Crippen LogP contribution is 2.38. The number of carbonyl (C=O) groups is 1. The highest BCUT2D eigenvalue weighted by molar-refractivity contribution is 6.00. The summed E-state index contributed by atoms with van der Waals surface area (Å²) in [5.41, 5.74) is 11.7. The first-order valence-corrected chi connectivity index (χ1v) is 14.4. The van der Waals surface area contributed by atoms with Crippen molar-refractivity contribution in [2.24, 2.45) is 5.73 Å². The molecule has 0 radical (unpaired) electrons. The first kappa shape index (κ1) is 29.1. The molecule has 5 rings (SSSR count). The minimum atomic E-state index is -0.306. The number of esters is 1. The number of carbonyl (C=O) groups excluding carboxylic acids is 1. The van der Waals surface area contributed by atoms with E-state index in [0.717, 1.165) is 51.7 Å². The maximum atomic E-state index is 12.4. The zero-order valence-corrected chi connectivity index (χ0v) is 24.4. The van der Waals surface area contributed by atoms with Crippen molar-refractivity contribution in [3.8, 4) is 22.6 Å². The number of para-hydroxylation sites is 1. The smallest absolute Gasteiger partial charge is 0.310 e. The Labute approximate surface area is 246 Å². The molecule has 42 heavy (non-hydrogen) atoms. The van der Waals surface area contributed by atoms with Crippen LogP contribution in [0.2, 0.25) is 0 Å². The summed E-state index contributed by atoms with van der Waals surface area (Å²) in [7, 11) is 3.23. The molecule has 0 saturated heterocycles. The summed E-state index contributed by atoms with van der Waals surface area (Å²) in [6.45, 7) is 2.77. The van der Waals surface area contributed by atoms with E-state index in [-0.39, 0.29) is 24.8 Å². The SMILES string of the molecule is CCOC(=O)Cc1cc(COC)ccc1OCc1nn(C2CCCC2)c2ccc(-c3cccc(C(=N)N)c3OC)cc12. The number of nitrogens with zero attached hydrogens (tertiary/aromatic N) is 2. The van der Waals surface area contributed by atoms with Crippen molar-refractivity contribution >= 4 is 22.7 Å². The highest BCUT2D eigenvalue weighted by Gasteiger charge is 2.23. The number of benzene rings is 3. The van der Waals surface area contributed by atoms with E-state index >= 15 is 0 Å². The van der Waals surface area contributed by atoms with Crippen LogP contribution in [0, 0.1) is 5.41 Å². The molecule has 9 nitrogen and oxygen atoms in total. The number of amidine groups is 1. The lowest BCUT2D eigenvalue weighted by Gasteiger charge is -2.14. The molecule has 0 aliphatic heterocycles. The minimum absolute atomic E-state index is 0.0481. The molecule has 0 amide bonds. The van der Waals surface area contributed by atoms with E-state index in [2.05, 4.69) is 22.9 Å². The fourth-order valence-corrected chi connectivity index (χ4v) is 5.78. The lowest BCUT2D eigenvalue weighted by Crippen LogP contribution is -2.12. The lowest BCUT2D eigenvalue weighted by atomic mass is 9.99. The zero-order valence-electron chi connectivity index (χ0n) is 24.4. The standard InChI is InChI=1S/C33H38N4O5/c1-4-41-31(38)18-23-16-21(19-39-2)12-15-30(23)42-20-28-27-17-22(25-10-7-11-26(33(34)35)32(25)40-3)13-14-29(27)37(36-28)24-8-5-6-9-24/h7,10-17,24H,4-6,8-9,18-20H2,1-3H3,(H3,34,35). The van der Waals surface area contributed by atoms with Crippen molar-refractivity contribution in [3.05, 3.63) is 77.0 Å². The molecule has 1 saturated carbocycles. The Bertz CT molecular complexity index is 1590. The van der Waals surface area contributed by atoms with Crippen LogP contribution in [0.4, 0.5) is 0 Å². The van der Waals surface area contributed by atoms with Crippen LogP contribution in [0.1, 0.15) is 61.0 Å². The number of nitrogen functional groups attached to an aromatic ring is 1. The molecule has 1 aromatic heterocycles. The Morgan fingerprint density at radius 2 is 1.88 bits per heavy atom. The van der Waals surface area contributed by atoms with Gasteiger partial charge in [0, 0.05) is 23.6 Å². The average Bonchev–Trinajstić information content (AvgIpc) is 3.64. The van der Waals surface area contributed by atoms with Crippen molar-refractivity contribution in [2.45, 2.75) is 58.3 Å². The molecule has 1 fully saturated rings. The number of hydrogen-bond acceptors (Lipinski definition) is 7. The van der Waals surface area contributed by atoms with Crippen molar-refractivity contribution in [2.75, 3.05) is 20.8 Å². The maximum absolute atomic E-state index is 12.4. The summed E-state index contributed by atoms with van der Waals surface area (Å²) in [5, 5.41) is 14.0. The summed E-state index contributed by atoms with van der Waals surface area (Å²) < 4.78 is 24.7. The molecule has 9 heteroatoms. The van der Waals surface area contributed by atoms with Crippen molar-refractivity contribution < 1.29 is 23.7 Å². The minimum Gasteiger partial charge on any atom is -0.495 e. The van der Waals surface area contributed by atoms with Gasteiger partial charge in [-0.25, -0.2) is 0 Å². The van der Waals surface area contributed by atoms with E-state index in [0.29, 0.717) is 36.3 Å². The second-order valence-corrected chi connectivity index (χ2v) is 10.5. The highest BCUT2D eigenvalue weighted by atomic mass is 16.5. The number of rotatable bonds is 12. The Morgan fingerprint density at radius 3 is 2.60 bits per heavy atom. The quantitative estimate of drug-likeness (QED) is 0.123. The predicted octanol–water partition coefficient (Wildman–Crippen LogP) is 5.94. The molecule has 1 heterocycles. The molecule has 1 aliphatic carbocycles. The number of nitrogens with one attached hydrogen (secondary N) is 1. The number of hydrogen-bond donors (Lipinski definition) is 2. The molecule has 1 aliphatic rings. The second kappa shape index (κ2) is 13.1.